The summed E-state index contributed by atoms with van der Waals surface area (Å²) < 4.78 is 9.43. The van der Waals surface area contributed by atoms with Crippen molar-refractivity contribution in [2.75, 3.05) is 6.54 Å². The molecular weight excluding hydrogens is 224 g/mol. The Bertz CT molecular complexity index is 353. The van der Waals surface area contributed by atoms with Crippen LogP contribution in [0, 0.1) is 11.5 Å². The monoisotopic (exact) mass is 240 g/mol. The lowest BCUT2D eigenvalue weighted by Crippen LogP contribution is -2.43. The van der Waals surface area contributed by atoms with Gasteiger partial charge in [-0.1, -0.05) is 0 Å². The van der Waals surface area contributed by atoms with Gasteiger partial charge in [-0.05, 0) is 33.6 Å². The van der Waals surface area contributed by atoms with Crippen molar-refractivity contribution in [2.24, 2.45) is 0 Å². The summed E-state index contributed by atoms with van der Waals surface area (Å²) in [6.07, 6.45) is 1.98. The quantitative estimate of drug-likeness (QED) is 0.511. The van der Waals surface area contributed by atoms with E-state index in [1.165, 1.54) is 11.2 Å². The molecule has 1 saturated heterocycles. The molecule has 0 spiro atoms. The highest BCUT2D eigenvalue weighted by Crippen LogP contribution is 2.21. The number of rotatable bonds is 1. The Morgan fingerprint density at radius 3 is 2.59 bits per heavy atom. The van der Waals surface area contributed by atoms with Gasteiger partial charge in [0.25, 0.3) is 6.26 Å². The molecule has 1 rings (SSSR count). The average molecular weight is 240 g/mol. The summed E-state index contributed by atoms with van der Waals surface area (Å²) in [6.45, 7) is 5.71. The fourth-order valence-electron chi connectivity index (χ4n) is 1.66. The highest BCUT2D eigenvalue weighted by Gasteiger charge is 2.37. The van der Waals surface area contributed by atoms with E-state index in [-0.39, 0.29) is 0 Å². The van der Waals surface area contributed by atoms with Crippen LogP contribution in [0.5, 0.6) is 0 Å². The minimum Gasteiger partial charge on any atom is -0.444 e. The number of esters is 1. The van der Waals surface area contributed by atoms with E-state index in [0.717, 1.165) is 0 Å². The second-order valence-electron chi connectivity index (χ2n) is 4.84. The molecule has 0 aromatic rings. The van der Waals surface area contributed by atoms with Crippen LogP contribution in [0.2, 0.25) is 0 Å². The van der Waals surface area contributed by atoms with Crippen LogP contribution >= 0.6 is 0 Å². The van der Waals surface area contributed by atoms with E-state index >= 15 is 0 Å². The lowest BCUT2D eigenvalue weighted by molar-refractivity contribution is -0.142. The van der Waals surface area contributed by atoms with Gasteiger partial charge in [0, 0.05) is 6.54 Å². The summed E-state index contributed by atoms with van der Waals surface area (Å²) in [6, 6.07) is -0.704. The van der Waals surface area contributed by atoms with Gasteiger partial charge in [-0.15, -0.1) is 5.26 Å². The summed E-state index contributed by atoms with van der Waals surface area (Å²) in [7, 11) is 0. The first-order valence-corrected chi connectivity index (χ1v) is 5.44. The van der Waals surface area contributed by atoms with Gasteiger partial charge in [0.05, 0.1) is 0 Å². The van der Waals surface area contributed by atoms with Crippen LogP contribution in [0.25, 0.3) is 0 Å². The van der Waals surface area contributed by atoms with Crippen molar-refractivity contribution in [1.82, 2.24) is 4.90 Å². The molecule has 0 saturated carbocycles. The molecule has 0 unspecified atom stereocenters. The smallest absolute Gasteiger partial charge is 0.411 e. The Morgan fingerprint density at radius 1 is 1.41 bits per heavy atom. The summed E-state index contributed by atoms with van der Waals surface area (Å²) in [5, 5.41) is 8.28. The standard InChI is InChI=1S/C11H16N2O4/c1-11(2,3)17-10(15)13-6-4-5-8(13)9(14)16-7-12/h8H,4-6H2,1-3H3/t8-/m0/s1. The largest absolute Gasteiger partial charge is 0.444 e. The number of carbonyl (C=O) groups excluding carboxylic acids is 2. The average Bonchev–Trinajstić information content (AvgIpc) is 2.63. The molecule has 6 heteroatoms. The molecule has 1 amide bonds. The molecule has 0 radical (unpaired) electrons. The lowest BCUT2D eigenvalue weighted by atomic mass is 10.2. The molecule has 6 nitrogen and oxygen atoms in total. The Kier molecular flexibility index (Phi) is 3.94. The molecule has 1 fully saturated rings. The third-order valence-corrected chi connectivity index (χ3v) is 2.30. The lowest BCUT2D eigenvalue weighted by Gasteiger charge is -2.26. The van der Waals surface area contributed by atoms with Crippen molar-refractivity contribution in [3.8, 4) is 6.26 Å². The van der Waals surface area contributed by atoms with Gasteiger partial charge in [0.1, 0.15) is 11.6 Å². The van der Waals surface area contributed by atoms with Gasteiger partial charge >= 0.3 is 12.1 Å². The molecule has 1 aliphatic heterocycles. The number of nitrogens with zero attached hydrogens (tertiary/aromatic N) is 2. The van der Waals surface area contributed by atoms with Gasteiger partial charge in [0.15, 0.2) is 0 Å². The van der Waals surface area contributed by atoms with E-state index in [2.05, 4.69) is 4.74 Å². The van der Waals surface area contributed by atoms with Crippen molar-refractivity contribution in [2.45, 2.75) is 45.3 Å². The first kappa shape index (κ1) is 13.3. The number of nitriles is 1. The molecule has 17 heavy (non-hydrogen) atoms. The second kappa shape index (κ2) is 5.04. The van der Waals surface area contributed by atoms with Crippen LogP contribution in [-0.2, 0) is 14.3 Å². The van der Waals surface area contributed by atoms with Crippen LogP contribution < -0.4 is 0 Å². The van der Waals surface area contributed by atoms with Gasteiger partial charge in [0.2, 0.25) is 0 Å². The third kappa shape index (κ3) is 3.63. The highest BCUT2D eigenvalue weighted by molar-refractivity contribution is 5.82. The minimum atomic E-state index is -0.704. The van der Waals surface area contributed by atoms with Crippen molar-refractivity contribution in [3.63, 3.8) is 0 Å². The zero-order valence-electron chi connectivity index (χ0n) is 10.2. The molecule has 0 aliphatic carbocycles. The van der Waals surface area contributed by atoms with Crippen LogP contribution in [0.15, 0.2) is 0 Å². The minimum absolute atomic E-state index is 0.445. The number of likely N-dealkylation sites (tertiary alicyclic amines) is 1. The molecule has 0 aromatic heterocycles. The maximum Gasteiger partial charge on any atom is 0.411 e. The van der Waals surface area contributed by atoms with Crippen molar-refractivity contribution >= 4 is 12.1 Å². The van der Waals surface area contributed by atoms with Crippen molar-refractivity contribution < 1.29 is 19.1 Å². The van der Waals surface area contributed by atoms with Crippen LogP contribution in [0.1, 0.15) is 33.6 Å². The summed E-state index contributed by atoms with van der Waals surface area (Å²) in [5.41, 5.74) is -0.608. The Labute approximate surface area is 100 Å². The van der Waals surface area contributed by atoms with Gasteiger partial charge in [-0.25, -0.2) is 9.59 Å². The molecule has 94 valence electrons. The van der Waals surface area contributed by atoms with E-state index in [1.807, 2.05) is 0 Å². The highest BCUT2D eigenvalue weighted by atomic mass is 16.6. The predicted octanol–water partition coefficient (Wildman–Crippen LogP) is 1.41. The van der Waals surface area contributed by atoms with Crippen LogP contribution in [-0.4, -0.2) is 35.2 Å². The molecule has 1 atom stereocenters. The fraction of sp³-hybridized carbons (Fsp3) is 0.727. The molecule has 1 aliphatic rings. The molecule has 0 aromatic carbocycles. The van der Waals surface area contributed by atoms with Crippen LogP contribution in [0.4, 0.5) is 4.79 Å². The third-order valence-electron chi connectivity index (χ3n) is 2.30. The number of carbonyl (C=O) groups is 2. The zero-order chi connectivity index (χ0) is 13.1. The first-order chi connectivity index (χ1) is 7.85. The molecular formula is C11H16N2O4. The predicted molar refractivity (Wildman–Crippen MR) is 57.7 cm³/mol. The maximum atomic E-state index is 11.8. The Balaban J connectivity index is 2.67. The Morgan fingerprint density at radius 2 is 2.06 bits per heavy atom. The van der Waals surface area contributed by atoms with Crippen molar-refractivity contribution in [3.05, 3.63) is 0 Å². The first-order valence-electron chi connectivity index (χ1n) is 5.44. The molecule has 1 heterocycles. The van der Waals surface area contributed by atoms with E-state index in [1.54, 1.807) is 20.8 Å². The number of ether oxygens (including phenoxy) is 2. The zero-order valence-corrected chi connectivity index (χ0v) is 10.2. The number of hydrogen-bond acceptors (Lipinski definition) is 5. The molecule has 0 N–H and O–H groups in total. The van der Waals surface area contributed by atoms with Crippen LogP contribution in [0.3, 0.4) is 0 Å². The molecule has 0 bridgehead atoms. The second-order valence-corrected chi connectivity index (χ2v) is 4.84. The van der Waals surface area contributed by atoms with Gasteiger partial charge in [-0.2, -0.15) is 0 Å². The fourth-order valence-corrected chi connectivity index (χ4v) is 1.66. The van der Waals surface area contributed by atoms with E-state index < -0.39 is 23.7 Å². The van der Waals surface area contributed by atoms with Gasteiger partial charge in [-0.3, -0.25) is 4.90 Å². The summed E-state index contributed by atoms with van der Waals surface area (Å²) in [5.74, 6) is -0.698. The summed E-state index contributed by atoms with van der Waals surface area (Å²) in [4.78, 5) is 24.5. The van der Waals surface area contributed by atoms with E-state index in [9.17, 15) is 9.59 Å². The normalized spacial score (nSPS) is 19.6. The maximum absolute atomic E-state index is 11.8. The topological polar surface area (TPSA) is 79.6 Å². The summed E-state index contributed by atoms with van der Waals surface area (Å²) >= 11 is 0. The van der Waals surface area contributed by atoms with E-state index in [0.29, 0.717) is 19.4 Å². The SMILES string of the molecule is CC(C)(C)OC(=O)N1CCC[C@H]1C(=O)OC#N. The van der Waals surface area contributed by atoms with Crippen molar-refractivity contribution in [1.29, 1.82) is 5.26 Å². The number of hydrogen-bond donors (Lipinski definition) is 0. The number of amides is 1. The Hall–Kier alpha value is -1.77. The van der Waals surface area contributed by atoms with Gasteiger partial charge < -0.3 is 9.47 Å². The van der Waals surface area contributed by atoms with E-state index in [4.69, 9.17) is 10.00 Å².